The van der Waals surface area contributed by atoms with E-state index in [0.717, 1.165) is 30.8 Å². The highest BCUT2D eigenvalue weighted by atomic mass is 35.5. The number of nitrogens with zero attached hydrogens (tertiary/aromatic N) is 1. The molecule has 0 aliphatic heterocycles. The van der Waals surface area contributed by atoms with Crippen molar-refractivity contribution in [3.8, 4) is 5.75 Å². The third-order valence-electron chi connectivity index (χ3n) is 5.71. The summed E-state index contributed by atoms with van der Waals surface area (Å²) >= 11 is 0. The highest BCUT2D eigenvalue weighted by Crippen LogP contribution is 2.42. The van der Waals surface area contributed by atoms with Gasteiger partial charge in [0.1, 0.15) is 12.4 Å². The van der Waals surface area contributed by atoms with Crippen LogP contribution >= 0.6 is 24.8 Å². The quantitative estimate of drug-likeness (QED) is 0.741. The maximum atomic E-state index is 12.6. The van der Waals surface area contributed by atoms with Crippen molar-refractivity contribution in [3.05, 3.63) is 24.3 Å². The molecule has 1 aromatic rings. The summed E-state index contributed by atoms with van der Waals surface area (Å²) in [5.41, 5.74) is 7.16. The van der Waals surface area contributed by atoms with Gasteiger partial charge in [0.05, 0.1) is 0 Å². The van der Waals surface area contributed by atoms with Crippen LogP contribution in [0.5, 0.6) is 5.75 Å². The number of carbonyl (C=O) groups excluding carboxylic acids is 1. The van der Waals surface area contributed by atoms with Gasteiger partial charge in [0, 0.05) is 24.2 Å². The fourth-order valence-electron chi connectivity index (χ4n) is 4.23. The van der Waals surface area contributed by atoms with E-state index in [1.165, 1.54) is 19.3 Å². The van der Waals surface area contributed by atoms with E-state index in [1.807, 2.05) is 38.4 Å². The van der Waals surface area contributed by atoms with E-state index in [-0.39, 0.29) is 36.6 Å². The molecular weight excluding hydrogens is 385 g/mol. The largest absolute Gasteiger partial charge is 0.492 e. The number of amides is 1. The lowest BCUT2D eigenvalue weighted by Gasteiger charge is -2.43. The van der Waals surface area contributed by atoms with Gasteiger partial charge in [0.2, 0.25) is 5.91 Å². The Bertz CT molecular complexity index is 569. The highest BCUT2D eigenvalue weighted by molar-refractivity contribution is 5.92. The highest BCUT2D eigenvalue weighted by Gasteiger charge is 2.40. The molecule has 2 aliphatic rings. The Kier molecular flexibility index (Phi) is 9.88. The van der Waals surface area contributed by atoms with Crippen LogP contribution in [0.25, 0.3) is 0 Å². The molecule has 5 nitrogen and oxygen atoms in total. The van der Waals surface area contributed by atoms with Crippen LogP contribution in [0.2, 0.25) is 0 Å². The Morgan fingerprint density at radius 2 is 1.74 bits per heavy atom. The number of ether oxygens (including phenoxy) is 1. The number of carbonyl (C=O) groups is 1. The molecule has 2 bridgehead atoms. The number of likely N-dealkylation sites (N-methyl/N-ethyl adjacent to an activating group) is 1. The molecule has 0 saturated heterocycles. The summed E-state index contributed by atoms with van der Waals surface area (Å²) in [4.78, 5) is 14.7. The van der Waals surface area contributed by atoms with E-state index < -0.39 is 0 Å². The average molecular weight is 418 g/mol. The molecule has 2 fully saturated rings. The molecule has 7 heteroatoms. The van der Waals surface area contributed by atoms with Crippen molar-refractivity contribution in [3.63, 3.8) is 0 Å². The van der Waals surface area contributed by atoms with Gasteiger partial charge in [-0.15, -0.1) is 24.8 Å². The number of hydrogen-bond donors (Lipinski definition) is 2. The lowest BCUT2D eigenvalue weighted by atomic mass is 9.65. The SMILES string of the molecule is CN(C)CCOc1ccc(NC(=O)C2CC3CCCC(C2)C3N)cc1.Cl.Cl. The fraction of sp³-hybridized carbons (Fsp3) is 0.650. The lowest BCUT2D eigenvalue weighted by molar-refractivity contribution is -0.122. The van der Waals surface area contributed by atoms with Crippen molar-refractivity contribution >= 4 is 36.4 Å². The number of nitrogens with one attached hydrogen (secondary N) is 1. The normalized spacial score (nSPS) is 26.5. The van der Waals surface area contributed by atoms with Gasteiger partial charge in [0.15, 0.2) is 0 Å². The molecule has 1 amide bonds. The van der Waals surface area contributed by atoms with Crippen molar-refractivity contribution < 1.29 is 9.53 Å². The Balaban J connectivity index is 0.00000182. The molecule has 1 aromatic carbocycles. The molecule has 0 aromatic heterocycles. The zero-order valence-electron chi connectivity index (χ0n) is 16.2. The number of rotatable bonds is 6. The van der Waals surface area contributed by atoms with Crippen molar-refractivity contribution in [2.75, 3.05) is 32.6 Å². The summed E-state index contributed by atoms with van der Waals surface area (Å²) in [6.07, 6.45) is 5.51. The smallest absolute Gasteiger partial charge is 0.227 e. The van der Waals surface area contributed by atoms with E-state index in [0.29, 0.717) is 24.5 Å². The van der Waals surface area contributed by atoms with E-state index in [4.69, 9.17) is 10.5 Å². The van der Waals surface area contributed by atoms with Gasteiger partial charge in [-0.05, 0) is 75.9 Å². The predicted molar refractivity (Wildman–Crippen MR) is 115 cm³/mol. The van der Waals surface area contributed by atoms with Gasteiger partial charge in [-0.2, -0.15) is 0 Å². The summed E-state index contributed by atoms with van der Waals surface area (Å²) in [6, 6.07) is 7.96. The summed E-state index contributed by atoms with van der Waals surface area (Å²) in [5, 5.41) is 3.07. The van der Waals surface area contributed by atoms with Gasteiger partial charge in [-0.3, -0.25) is 4.79 Å². The fourth-order valence-corrected chi connectivity index (χ4v) is 4.23. The van der Waals surface area contributed by atoms with Crippen LogP contribution in [-0.2, 0) is 4.79 Å². The standard InChI is InChI=1S/C20H31N3O2.2ClH/c1-23(2)10-11-25-18-8-6-17(7-9-18)22-20(24)16-12-14-4-3-5-15(13-16)19(14)21;;/h6-9,14-16,19H,3-5,10-13,21H2,1-2H3,(H,22,24);2*1H. The zero-order chi connectivity index (χ0) is 17.8. The Labute approximate surface area is 175 Å². The first kappa shape index (κ1) is 24.0. The van der Waals surface area contributed by atoms with Crippen LogP contribution in [0.1, 0.15) is 32.1 Å². The van der Waals surface area contributed by atoms with Crippen molar-refractivity contribution in [2.45, 2.75) is 38.1 Å². The molecule has 154 valence electrons. The number of fused-ring (bicyclic) bond motifs is 2. The predicted octanol–water partition coefficient (Wildman–Crippen LogP) is 3.56. The number of nitrogens with two attached hydrogens (primary N) is 1. The lowest BCUT2D eigenvalue weighted by Crippen LogP contribution is -2.48. The van der Waals surface area contributed by atoms with Crippen LogP contribution in [0.4, 0.5) is 5.69 Å². The van der Waals surface area contributed by atoms with Crippen molar-refractivity contribution in [1.29, 1.82) is 0 Å². The Morgan fingerprint density at radius 3 is 2.30 bits per heavy atom. The summed E-state index contributed by atoms with van der Waals surface area (Å²) in [6.45, 7) is 1.54. The number of halogens is 2. The van der Waals surface area contributed by atoms with Gasteiger partial charge in [-0.1, -0.05) is 6.42 Å². The molecule has 3 rings (SSSR count). The van der Waals surface area contributed by atoms with Crippen LogP contribution in [0, 0.1) is 17.8 Å². The monoisotopic (exact) mass is 417 g/mol. The van der Waals surface area contributed by atoms with Gasteiger partial charge in [-0.25, -0.2) is 0 Å². The molecule has 2 saturated carbocycles. The topological polar surface area (TPSA) is 67.6 Å². The van der Waals surface area contributed by atoms with Gasteiger partial charge in [0.25, 0.3) is 0 Å². The Hall–Kier alpha value is -1.01. The molecule has 0 spiro atoms. The second-order valence-corrected chi connectivity index (χ2v) is 7.86. The first-order valence-electron chi connectivity index (χ1n) is 9.47. The second kappa shape index (κ2) is 11.1. The van der Waals surface area contributed by atoms with Crippen LogP contribution in [0.15, 0.2) is 24.3 Å². The van der Waals surface area contributed by atoms with E-state index in [1.54, 1.807) is 0 Å². The third kappa shape index (κ3) is 6.53. The minimum atomic E-state index is 0. The molecule has 0 heterocycles. The summed E-state index contributed by atoms with van der Waals surface area (Å²) < 4.78 is 5.69. The minimum Gasteiger partial charge on any atom is -0.492 e. The molecule has 2 aliphatic carbocycles. The molecule has 2 unspecified atom stereocenters. The molecular formula is C20H33Cl2N3O2. The third-order valence-corrected chi connectivity index (χ3v) is 5.71. The van der Waals surface area contributed by atoms with Crippen LogP contribution < -0.4 is 15.8 Å². The summed E-state index contributed by atoms with van der Waals surface area (Å²) in [7, 11) is 4.04. The van der Waals surface area contributed by atoms with Crippen molar-refractivity contribution in [2.24, 2.45) is 23.5 Å². The maximum Gasteiger partial charge on any atom is 0.227 e. The van der Waals surface area contributed by atoms with E-state index >= 15 is 0 Å². The Morgan fingerprint density at radius 1 is 1.15 bits per heavy atom. The first-order chi connectivity index (χ1) is 12.0. The maximum absolute atomic E-state index is 12.6. The summed E-state index contributed by atoms with van der Waals surface area (Å²) in [5.74, 6) is 2.13. The van der Waals surface area contributed by atoms with E-state index in [2.05, 4.69) is 10.2 Å². The number of benzene rings is 1. The van der Waals surface area contributed by atoms with Crippen LogP contribution in [-0.4, -0.2) is 44.1 Å². The first-order valence-corrected chi connectivity index (χ1v) is 9.47. The molecule has 3 N–H and O–H groups in total. The molecule has 2 atom stereocenters. The van der Waals surface area contributed by atoms with Crippen LogP contribution in [0.3, 0.4) is 0 Å². The second-order valence-electron chi connectivity index (χ2n) is 7.86. The zero-order valence-corrected chi connectivity index (χ0v) is 17.9. The average Bonchev–Trinajstić information content (AvgIpc) is 2.56. The van der Waals surface area contributed by atoms with Gasteiger partial charge >= 0.3 is 0 Å². The molecule has 0 radical (unpaired) electrons. The molecule has 27 heavy (non-hydrogen) atoms. The van der Waals surface area contributed by atoms with E-state index in [9.17, 15) is 4.79 Å². The minimum absolute atomic E-state index is 0. The number of anilines is 1. The van der Waals surface area contributed by atoms with Crippen molar-refractivity contribution in [1.82, 2.24) is 4.90 Å². The number of hydrogen-bond acceptors (Lipinski definition) is 4. The van der Waals surface area contributed by atoms with Gasteiger partial charge < -0.3 is 20.7 Å².